The van der Waals surface area contributed by atoms with Crippen LogP contribution in [0.4, 0.5) is 0 Å². The maximum absolute atomic E-state index is 12.9. The normalized spacial score (nSPS) is 19.4. The Balaban J connectivity index is 2.73. The van der Waals surface area contributed by atoms with E-state index in [9.17, 15) is 14.7 Å². The molecular weight excluding hydrogens is 566 g/mol. The summed E-state index contributed by atoms with van der Waals surface area (Å²) in [6.07, 6.45) is 15.1. The van der Waals surface area contributed by atoms with E-state index in [0.29, 0.717) is 6.61 Å². The number of allylic oxidation sites excluding steroid dienone is 1. The van der Waals surface area contributed by atoms with Crippen molar-refractivity contribution in [2.45, 2.75) is 110 Å². The molecule has 1 rings (SSSR count). The van der Waals surface area contributed by atoms with E-state index in [4.69, 9.17) is 20.6 Å². The van der Waals surface area contributed by atoms with Crippen molar-refractivity contribution in [2.75, 3.05) is 13.2 Å². The average Bonchev–Trinajstić information content (AvgIpc) is 3.03. The molecule has 0 bridgehead atoms. The van der Waals surface area contributed by atoms with Crippen molar-refractivity contribution in [3.05, 3.63) is 12.3 Å². The predicted octanol–water partition coefficient (Wildman–Crippen LogP) is 3.90. The van der Waals surface area contributed by atoms with E-state index < -0.39 is 30.4 Å². The fraction of sp³-hybridized carbons (Fsp3) is 0.526. The Morgan fingerprint density at radius 1 is 0.889 bits per heavy atom. The van der Waals surface area contributed by atoms with Gasteiger partial charge < -0.3 is 24.6 Å². The van der Waals surface area contributed by atoms with Gasteiger partial charge in [0.1, 0.15) is 6.04 Å². The third-order valence-corrected chi connectivity index (χ3v) is 6.65. The summed E-state index contributed by atoms with van der Waals surface area (Å²) >= 11 is 0. The molecule has 1 heterocycles. The minimum atomic E-state index is -0.896. The Bertz CT molecular complexity index is 1380. The zero-order chi connectivity index (χ0) is 33.0. The SMILES string of the molecule is C#CC#CC#CC#CC#CC#CC#CCC(=O)CC(=O)NC1[C@@H](O/C=C\C)O[C@H](CO)[C@@H](C)[C@@H]1OCCCCCCCCCC. The maximum Gasteiger partial charge on any atom is 0.228 e. The lowest BCUT2D eigenvalue weighted by atomic mass is 9.89. The van der Waals surface area contributed by atoms with E-state index in [1.807, 2.05) is 6.92 Å². The fourth-order valence-corrected chi connectivity index (χ4v) is 4.40. The molecule has 45 heavy (non-hydrogen) atoms. The number of ether oxygens (including phenoxy) is 3. The van der Waals surface area contributed by atoms with Gasteiger partial charge in [0.15, 0.2) is 5.78 Å². The van der Waals surface area contributed by atoms with Gasteiger partial charge in [0.25, 0.3) is 0 Å². The highest BCUT2D eigenvalue weighted by Gasteiger charge is 2.46. The molecule has 0 saturated carbocycles. The number of ketones is 1. The molecule has 2 N–H and O–H groups in total. The number of Topliss-reactive ketones (excluding diaryl/α,β-unsaturated/α-hetero) is 1. The molecule has 1 aliphatic rings. The smallest absolute Gasteiger partial charge is 0.228 e. The highest BCUT2D eigenvalue weighted by Crippen LogP contribution is 2.29. The molecule has 1 fully saturated rings. The first-order valence-corrected chi connectivity index (χ1v) is 15.4. The lowest BCUT2D eigenvalue weighted by molar-refractivity contribution is -0.245. The van der Waals surface area contributed by atoms with Crippen molar-refractivity contribution in [3.63, 3.8) is 0 Å². The lowest BCUT2D eigenvalue weighted by Crippen LogP contribution is -2.62. The predicted molar refractivity (Wildman–Crippen MR) is 175 cm³/mol. The zero-order valence-corrected chi connectivity index (χ0v) is 26.6. The van der Waals surface area contributed by atoms with Crippen molar-refractivity contribution in [2.24, 2.45) is 5.92 Å². The molecule has 1 amide bonds. The van der Waals surface area contributed by atoms with Gasteiger partial charge in [-0.05, 0) is 84.4 Å². The largest absolute Gasteiger partial charge is 0.471 e. The van der Waals surface area contributed by atoms with Gasteiger partial charge in [0, 0.05) is 12.5 Å². The van der Waals surface area contributed by atoms with Gasteiger partial charge in [-0.1, -0.05) is 70.8 Å². The number of nitrogens with one attached hydrogen (secondary N) is 1. The van der Waals surface area contributed by atoms with E-state index in [2.05, 4.69) is 89.2 Å². The number of hydrogen-bond acceptors (Lipinski definition) is 6. The summed E-state index contributed by atoms with van der Waals surface area (Å²) in [7, 11) is 0. The van der Waals surface area contributed by atoms with E-state index in [1.54, 1.807) is 13.0 Å². The number of rotatable bonds is 17. The van der Waals surface area contributed by atoms with Crippen LogP contribution in [0, 0.1) is 89.3 Å². The highest BCUT2D eigenvalue weighted by molar-refractivity contribution is 5.99. The van der Waals surface area contributed by atoms with Crippen molar-refractivity contribution in [3.8, 4) is 83.4 Å². The van der Waals surface area contributed by atoms with E-state index >= 15 is 0 Å². The minimum absolute atomic E-state index is 0.148. The van der Waals surface area contributed by atoms with Crippen LogP contribution in [0.25, 0.3) is 0 Å². The van der Waals surface area contributed by atoms with Crippen LogP contribution >= 0.6 is 0 Å². The Labute approximate surface area is 270 Å². The van der Waals surface area contributed by atoms with Crippen LogP contribution < -0.4 is 5.32 Å². The topological polar surface area (TPSA) is 94.1 Å². The van der Waals surface area contributed by atoms with Crippen LogP contribution in [-0.2, 0) is 23.8 Å². The first-order valence-electron chi connectivity index (χ1n) is 15.4. The monoisotopic (exact) mass is 609 g/mol. The van der Waals surface area contributed by atoms with Crippen molar-refractivity contribution in [1.82, 2.24) is 5.32 Å². The Morgan fingerprint density at radius 2 is 1.47 bits per heavy atom. The van der Waals surface area contributed by atoms with Crippen molar-refractivity contribution >= 4 is 11.7 Å². The lowest BCUT2D eigenvalue weighted by Gasteiger charge is -2.44. The molecule has 5 atom stereocenters. The average molecular weight is 610 g/mol. The molecule has 7 heteroatoms. The molecular formula is C38H43NO6. The molecule has 0 aromatic carbocycles. The van der Waals surface area contributed by atoms with E-state index in [-0.39, 0.29) is 31.1 Å². The highest BCUT2D eigenvalue weighted by atomic mass is 16.7. The minimum Gasteiger partial charge on any atom is -0.471 e. The maximum atomic E-state index is 12.9. The number of aliphatic hydroxyl groups is 1. The molecule has 1 aliphatic heterocycles. The van der Waals surface area contributed by atoms with Gasteiger partial charge in [-0.15, -0.1) is 6.42 Å². The first kappa shape index (κ1) is 38.5. The summed E-state index contributed by atoms with van der Waals surface area (Å²) in [6, 6.07) is -0.686. The van der Waals surface area contributed by atoms with Crippen LogP contribution in [0.15, 0.2) is 12.3 Å². The van der Waals surface area contributed by atoms with Crippen LogP contribution in [0.2, 0.25) is 0 Å². The molecule has 1 unspecified atom stereocenters. The molecule has 1 saturated heterocycles. The quantitative estimate of drug-likeness (QED) is 0.113. The van der Waals surface area contributed by atoms with Gasteiger partial charge in [-0.3, -0.25) is 9.59 Å². The zero-order valence-electron chi connectivity index (χ0n) is 26.6. The second-order valence-electron chi connectivity index (χ2n) is 10.2. The number of carbonyl (C=O) groups is 2. The van der Waals surface area contributed by atoms with Gasteiger partial charge in [-0.25, -0.2) is 0 Å². The van der Waals surface area contributed by atoms with Crippen LogP contribution in [0.1, 0.15) is 85.0 Å². The summed E-state index contributed by atoms with van der Waals surface area (Å²) in [4.78, 5) is 25.3. The third kappa shape index (κ3) is 18.0. The number of carbonyl (C=O) groups excluding carboxylic acids is 2. The molecule has 0 aromatic rings. The van der Waals surface area contributed by atoms with Crippen LogP contribution in [0.3, 0.4) is 0 Å². The Kier molecular flexibility index (Phi) is 22.2. The molecule has 0 aromatic heterocycles. The van der Waals surface area contributed by atoms with Gasteiger partial charge >= 0.3 is 0 Å². The number of amides is 1. The standard InChI is InChI=1S/C38H43NO6/c1-5-8-10-12-14-16-17-18-19-20-21-23-25-27-33(41)30-35(42)39-36-37(43-29-26-24-22-15-13-11-9-6-2)32(4)34(31-40)45-38(36)44-28-7-3/h1,7,28,32,34,36-38,40H,6,9,11,13,15,22,24,26-27,29-31H2,2-4H3,(H,39,42)/b28-7-/t32-,34-,36?,37+,38+/m1/s1. The summed E-state index contributed by atoms with van der Waals surface area (Å²) in [5, 5.41) is 12.8. The molecule has 236 valence electrons. The van der Waals surface area contributed by atoms with Crippen molar-refractivity contribution in [1.29, 1.82) is 0 Å². The van der Waals surface area contributed by atoms with Gasteiger partial charge in [0.2, 0.25) is 12.2 Å². The summed E-state index contributed by atoms with van der Waals surface area (Å²) in [6.45, 7) is 6.21. The summed E-state index contributed by atoms with van der Waals surface area (Å²) in [5.74, 6) is 30.8. The first-order chi connectivity index (χ1) is 22.0. The second kappa shape index (κ2) is 25.9. The number of aliphatic hydroxyl groups excluding tert-OH is 1. The molecule has 0 radical (unpaired) electrons. The van der Waals surface area contributed by atoms with Crippen LogP contribution in [0.5, 0.6) is 0 Å². The number of unbranched alkanes of at least 4 members (excludes halogenated alkanes) is 7. The Hall–Kier alpha value is -4.52. The molecule has 0 aliphatic carbocycles. The van der Waals surface area contributed by atoms with Crippen molar-refractivity contribution < 1.29 is 28.9 Å². The Morgan fingerprint density at radius 3 is 2.04 bits per heavy atom. The van der Waals surface area contributed by atoms with E-state index in [1.165, 1.54) is 38.4 Å². The van der Waals surface area contributed by atoms with E-state index in [0.717, 1.165) is 19.3 Å². The third-order valence-electron chi connectivity index (χ3n) is 6.65. The second-order valence-corrected chi connectivity index (χ2v) is 10.2. The molecule has 0 spiro atoms. The number of terminal acetylenes is 1. The molecule has 7 nitrogen and oxygen atoms in total. The summed E-state index contributed by atoms with van der Waals surface area (Å²) in [5.41, 5.74) is 0. The van der Waals surface area contributed by atoms with Gasteiger partial charge in [0.05, 0.1) is 37.9 Å². The van der Waals surface area contributed by atoms with Gasteiger partial charge in [-0.2, -0.15) is 0 Å². The fourth-order valence-electron chi connectivity index (χ4n) is 4.40. The van der Waals surface area contributed by atoms with Crippen LogP contribution in [-0.4, -0.2) is 54.6 Å². The number of hydrogen-bond donors (Lipinski definition) is 2. The summed E-state index contributed by atoms with van der Waals surface area (Å²) < 4.78 is 18.0.